The van der Waals surface area contributed by atoms with Crippen LogP contribution in [-0.4, -0.2) is 26.0 Å². The molecular weight excluding hydrogens is 238 g/mol. The first-order valence-corrected chi connectivity index (χ1v) is 7.25. The van der Waals surface area contributed by atoms with Crippen LogP contribution < -0.4 is 0 Å². The second kappa shape index (κ2) is 6.51. The molecular formula is C15H29N3O. The molecule has 1 heterocycles. The minimum Gasteiger partial charge on any atom is -0.393 e. The molecule has 4 nitrogen and oxygen atoms in total. The lowest BCUT2D eigenvalue weighted by molar-refractivity contribution is 0.107. The highest BCUT2D eigenvalue weighted by Crippen LogP contribution is 2.29. The van der Waals surface area contributed by atoms with Crippen molar-refractivity contribution in [3.63, 3.8) is 0 Å². The van der Waals surface area contributed by atoms with Crippen LogP contribution in [0.2, 0.25) is 0 Å². The van der Waals surface area contributed by atoms with Crippen molar-refractivity contribution in [3.8, 4) is 0 Å². The Balaban J connectivity index is 2.57. The zero-order chi connectivity index (χ0) is 14.6. The predicted molar refractivity (Wildman–Crippen MR) is 77.8 cm³/mol. The molecule has 0 saturated heterocycles. The summed E-state index contributed by atoms with van der Waals surface area (Å²) in [5.41, 5.74) is 0.229. The zero-order valence-corrected chi connectivity index (χ0v) is 13.2. The SMILES string of the molecule is CC(C)Cn1ncnc1CC(O)CC(C)C(C)(C)C. The van der Waals surface area contributed by atoms with E-state index in [9.17, 15) is 5.11 Å². The fourth-order valence-electron chi connectivity index (χ4n) is 2.00. The quantitative estimate of drug-likeness (QED) is 0.862. The number of hydrogen-bond donors (Lipinski definition) is 1. The van der Waals surface area contributed by atoms with E-state index in [1.54, 1.807) is 6.33 Å². The van der Waals surface area contributed by atoms with Gasteiger partial charge in [0.05, 0.1) is 6.10 Å². The largest absolute Gasteiger partial charge is 0.393 e. The lowest BCUT2D eigenvalue weighted by Crippen LogP contribution is -2.25. The maximum absolute atomic E-state index is 10.2. The van der Waals surface area contributed by atoms with E-state index in [2.05, 4.69) is 51.6 Å². The third-order valence-corrected chi connectivity index (χ3v) is 3.76. The number of aliphatic hydroxyl groups excluding tert-OH is 1. The van der Waals surface area contributed by atoms with Crippen LogP contribution in [0.15, 0.2) is 6.33 Å². The highest BCUT2D eigenvalue weighted by Gasteiger charge is 2.23. The van der Waals surface area contributed by atoms with Gasteiger partial charge in [-0.3, -0.25) is 0 Å². The van der Waals surface area contributed by atoms with Crippen molar-refractivity contribution in [3.05, 3.63) is 12.2 Å². The number of hydrogen-bond acceptors (Lipinski definition) is 3. The van der Waals surface area contributed by atoms with Gasteiger partial charge in [-0.2, -0.15) is 5.10 Å². The first-order chi connectivity index (χ1) is 8.70. The highest BCUT2D eigenvalue weighted by molar-refractivity contribution is 4.89. The minimum atomic E-state index is -0.343. The number of aliphatic hydroxyl groups is 1. The van der Waals surface area contributed by atoms with Gasteiger partial charge in [-0.15, -0.1) is 0 Å². The Morgan fingerprint density at radius 3 is 2.42 bits per heavy atom. The molecule has 2 atom stereocenters. The first-order valence-electron chi connectivity index (χ1n) is 7.25. The molecule has 0 aromatic carbocycles. The van der Waals surface area contributed by atoms with Gasteiger partial charge < -0.3 is 5.11 Å². The number of rotatable bonds is 6. The molecule has 1 rings (SSSR count). The topological polar surface area (TPSA) is 50.9 Å². The Bertz CT molecular complexity index is 379. The Labute approximate surface area is 117 Å². The molecule has 0 fully saturated rings. The molecule has 0 radical (unpaired) electrons. The summed E-state index contributed by atoms with van der Waals surface area (Å²) in [6.07, 6.45) is 2.63. The second-order valence-corrected chi connectivity index (χ2v) is 7.11. The molecule has 1 N–H and O–H groups in total. The lowest BCUT2D eigenvalue weighted by atomic mass is 9.78. The second-order valence-electron chi connectivity index (χ2n) is 7.11. The van der Waals surface area contributed by atoms with E-state index in [4.69, 9.17) is 0 Å². The molecule has 4 heteroatoms. The molecule has 2 unspecified atom stereocenters. The van der Waals surface area contributed by atoms with Gasteiger partial charge >= 0.3 is 0 Å². The molecule has 19 heavy (non-hydrogen) atoms. The van der Waals surface area contributed by atoms with Gasteiger partial charge in [-0.25, -0.2) is 9.67 Å². The van der Waals surface area contributed by atoms with Crippen LogP contribution >= 0.6 is 0 Å². The number of aromatic nitrogens is 3. The average Bonchev–Trinajstić information content (AvgIpc) is 2.63. The van der Waals surface area contributed by atoms with Crippen molar-refractivity contribution >= 4 is 0 Å². The third-order valence-electron chi connectivity index (χ3n) is 3.76. The summed E-state index contributed by atoms with van der Waals surface area (Å²) in [5, 5.41) is 14.5. The van der Waals surface area contributed by atoms with Crippen molar-refractivity contribution in [1.82, 2.24) is 14.8 Å². The van der Waals surface area contributed by atoms with Crippen molar-refractivity contribution < 1.29 is 5.11 Å². The summed E-state index contributed by atoms with van der Waals surface area (Å²) in [5.74, 6) is 1.90. The molecule has 110 valence electrons. The van der Waals surface area contributed by atoms with Crippen molar-refractivity contribution in [2.24, 2.45) is 17.3 Å². The number of nitrogens with zero attached hydrogens (tertiary/aromatic N) is 3. The molecule has 1 aromatic heterocycles. The first kappa shape index (κ1) is 16.2. The van der Waals surface area contributed by atoms with Gasteiger partial charge in [0.1, 0.15) is 12.2 Å². The maximum Gasteiger partial charge on any atom is 0.138 e. The van der Waals surface area contributed by atoms with Crippen LogP contribution in [0, 0.1) is 17.3 Å². The van der Waals surface area contributed by atoms with Crippen molar-refractivity contribution in [2.45, 2.75) is 67.0 Å². The monoisotopic (exact) mass is 267 g/mol. The molecule has 0 aliphatic rings. The van der Waals surface area contributed by atoms with Crippen molar-refractivity contribution in [2.75, 3.05) is 0 Å². The lowest BCUT2D eigenvalue weighted by Gasteiger charge is -2.29. The molecule has 0 aliphatic heterocycles. The van der Waals surface area contributed by atoms with Crippen molar-refractivity contribution in [1.29, 1.82) is 0 Å². The van der Waals surface area contributed by atoms with Crippen LogP contribution in [0.1, 0.15) is 53.8 Å². The van der Waals surface area contributed by atoms with E-state index < -0.39 is 0 Å². The van der Waals surface area contributed by atoms with E-state index in [1.807, 2.05) is 4.68 Å². The Kier molecular flexibility index (Phi) is 5.53. The highest BCUT2D eigenvalue weighted by atomic mass is 16.3. The summed E-state index contributed by atoms with van der Waals surface area (Å²) < 4.78 is 1.91. The summed E-state index contributed by atoms with van der Waals surface area (Å²) in [6.45, 7) is 14.0. The van der Waals surface area contributed by atoms with Crippen LogP contribution in [0.4, 0.5) is 0 Å². The molecule has 0 amide bonds. The van der Waals surface area contributed by atoms with E-state index >= 15 is 0 Å². The zero-order valence-electron chi connectivity index (χ0n) is 13.2. The smallest absolute Gasteiger partial charge is 0.138 e. The normalized spacial score (nSPS) is 15.8. The Morgan fingerprint density at radius 2 is 1.89 bits per heavy atom. The van der Waals surface area contributed by atoms with Gasteiger partial charge in [-0.05, 0) is 23.7 Å². The van der Waals surface area contributed by atoms with Gasteiger partial charge in [0, 0.05) is 13.0 Å². The standard InChI is InChI=1S/C15H29N3O/c1-11(2)9-18-14(16-10-17-18)8-13(19)7-12(3)15(4,5)6/h10-13,19H,7-9H2,1-6H3. The fourth-order valence-corrected chi connectivity index (χ4v) is 2.00. The Hall–Kier alpha value is -0.900. The molecule has 1 aromatic rings. The van der Waals surface area contributed by atoms with Crippen LogP contribution in [0.3, 0.4) is 0 Å². The fraction of sp³-hybridized carbons (Fsp3) is 0.867. The molecule has 0 spiro atoms. The third kappa shape index (κ3) is 5.31. The minimum absolute atomic E-state index is 0.229. The van der Waals surface area contributed by atoms with E-state index in [-0.39, 0.29) is 11.5 Å². The predicted octanol–water partition coefficient (Wildman–Crippen LogP) is 2.91. The molecule has 0 bridgehead atoms. The van der Waals surface area contributed by atoms with Gasteiger partial charge in [0.2, 0.25) is 0 Å². The van der Waals surface area contributed by atoms with Gasteiger partial charge in [0.25, 0.3) is 0 Å². The Morgan fingerprint density at radius 1 is 1.26 bits per heavy atom. The summed E-state index contributed by atoms with van der Waals surface area (Å²) in [7, 11) is 0. The summed E-state index contributed by atoms with van der Waals surface area (Å²) in [4.78, 5) is 4.27. The van der Waals surface area contributed by atoms with Gasteiger partial charge in [-0.1, -0.05) is 41.5 Å². The van der Waals surface area contributed by atoms with E-state index in [0.717, 1.165) is 18.8 Å². The van der Waals surface area contributed by atoms with E-state index in [1.165, 1.54) is 0 Å². The van der Waals surface area contributed by atoms with Crippen LogP contribution in [0.5, 0.6) is 0 Å². The average molecular weight is 267 g/mol. The van der Waals surface area contributed by atoms with Crippen LogP contribution in [-0.2, 0) is 13.0 Å². The molecule has 0 aliphatic carbocycles. The van der Waals surface area contributed by atoms with E-state index in [0.29, 0.717) is 18.3 Å². The van der Waals surface area contributed by atoms with Gasteiger partial charge in [0.15, 0.2) is 0 Å². The molecule has 0 saturated carbocycles. The van der Waals surface area contributed by atoms with Crippen LogP contribution in [0.25, 0.3) is 0 Å². The summed E-state index contributed by atoms with van der Waals surface area (Å²) >= 11 is 0. The summed E-state index contributed by atoms with van der Waals surface area (Å²) in [6, 6.07) is 0. The maximum atomic E-state index is 10.2.